The fourth-order valence-electron chi connectivity index (χ4n) is 1.23. The van der Waals surface area contributed by atoms with Crippen LogP contribution in [0.3, 0.4) is 0 Å². The maximum absolute atomic E-state index is 10.7. The van der Waals surface area contributed by atoms with Crippen molar-refractivity contribution in [2.45, 2.75) is 0 Å². The molecule has 75 valence electrons. The van der Waals surface area contributed by atoms with Gasteiger partial charge in [-0.3, -0.25) is 0 Å². The van der Waals surface area contributed by atoms with Crippen molar-refractivity contribution in [3.05, 3.63) is 35.8 Å². The van der Waals surface area contributed by atoms with Crippen LogP contribution < -0.4 is 11.1 Å². The molecule has 1 aromatic carbocycles. The molecule has 1 radical (unpaired) electrons. The molecular formula is C10H8N3OS. The van der Waals surface area contributed by atoms with Crippen molar-refractivity contribution >= 4 is 23.1 Å². The number of carbonyl (C=O) groups is 1. The number of carbonyl (C=O) groups excluding carboxylic acids is 1. The van der Waals surface area contributed by atoms with Crippen LogP contribution in [0.25, 0.3) is 10.6 Å². The number of primary amides is 1. The first kappa shape index (κ1) is 9.67. The molecule has 0 aliphatic heterocycles. The third kappa shape index (κ3) is 2.13. The molecule has 0 saturated heterocycles. The standard InChI is InChI=1S/C10H8N3OS/c11-10(14)13-8-4-2-1-3-7(8)9-12-5-6-15-9/h1-6H,(H2,11,14). The maximum atomic E-state index is 10.7. The van der Waals surface area contributed by atoms with Gasteiger partial charge in [0.15, 0.2) is 0 Å². The molecule has 1 heterocycles. The molecule has 0 fully saturated rings. The van der Waals surface area contributed by atoms with Crippen molar-refractivity contribution < 1.29 is 4.79 Å². The Morgan fingerprint density at radius 3 is 2.87 bits per heavy atom. The SMILES string of the molecule is NC(=O)[N]c1ccccc1-c1nccs1. The molecule has 2 N–H and O–H groups in total. The van der Waals surface area contributed by atoms with Crippen molar-refractivity contribution in [2.75, 3.05) is 0 Å². The highest BCUT2D eigenvalue weighted by atomic mass is 32.1. The van der Waals surface area contributed by atoms with Crippen LogP contribution in [0.1, 0.15) is 0 Å². The lowest BCUT2D eigenvalue weighted by atomic mass is 10.2. The number of nitrogens with zero attached hydrogens (tertiary/aromatic N) is 2. The Hall–Kier alpha value is -1.88. The van der Waals surface area contributed by atoms with E-state index in [0.717, 1.165) is 10.6 Å². The fraction of sp³-hybridized carbons (Fsp3) is 0. The monoisotopic (exact) mass is 218 g/mol. The van der Waals surface area contributed by atoms with Gasteiger partial charge in [-0.1, -0.05) is 12.1 Å². The van der Waals surface area contributed by atoms with Crippen LogP contribution in [0.15, 0.2) is 35.8 Å². The second-order valence-corrected chi connectivity index (χ2v) is 3.70. The second kappa shape index (κ2) is 4.10. The van der Waals surface area contributed by atoms with Crippen molar-refractivity contribution in [3.8, 4) is 10.6 Å². The molecule has 1 aromatic heterocycles. The Labute approximate surface area is 90.8 Å². The van der Waals surface area contributed by atoms with E-state index in [9.17, 15) is 4.79 Å². The van der Waals surface area contributed by atoms with E-state index >= 15 is 0 Å². The van der Waals surface area contributed by atoms with Crippen LogP contribution in [0.2, 0.25) is 0 Å². The van der Waals surface area contributed by atoms with E-state index in [-0.39, 0.29) is 0 Å². The number of nitrogens with two attached hydrogens (primary N) is 1. The number of hydrogen-bond donors (Lipinski definition) is 1. The minimum atomic E-state index is -0.695. The third-order valence-corrected chi connectivity index (χ3v) is 2.60. The van der Waals surface area contributed by atoms with E-state index < -0.39 is 6.03 Å². The normalized spacial score (nSPS) is 9.87. The lowest BCUT2D eigenvalue weighted by molar-refractivity contribution is 0.252. The Bertz CT molecular complexity index is 467. The number of para-hydroxylation sites is 1. The molecule has 0 aliphatic rings. The average molecular weight is 218 g/mol. The number of rotatable bonds is 2. The summed E-state index contributed by atoms with van der Waals surface area (Å²) in [6.07, 6.45) is 1.71. The number of benzene rings is 1. The molecule has 15 heavy (non-hydrogen) atoms. The highest BCUT2D eigenvalue weighted by Gasteiger charge is 2.09. The molecule has 0 atom stereocenters. The van der Waals surface area contributed by atoms with Gasteiger partial charge >= 0.3 is 6.03 Å². The van der Waals surface area contributed by atoms with Crippen LogP contribution in [0, 0.1) is 0 Å². The largest absolute Gasteiger partial charge is 0.350 e. The number of urea groups is 1. The molecule has 0 spiro atoms. The smallest absolute Gasteiger partial charge is 0.338 e. The van der Waals surface area contributed by atoms with Gasteiger partial charge in [0.05, 0.1) is 5.69 Å². The van der Waals surface area contributed by atoms with Crippen LogP contribution in [0.4, 0.5) is 10.5 Å². The van der Waals surface area contributed by atoms with Gasteiger partial charge in [-0.15, -0.1) is 11.3 Å². The highest BCUT2D eigenvalue weighted by molar-refractivity contribution is 7.13. The van der Waals surface area contributed by atoms with Crippen LogP contribution in [-0.2, 0) is 0 Å². The molecule has 0 bridgehead atoms. The minimum absolute atomic E-state index is 0.556. The molecular weight excluding hydrogens is 210 g/mol. The van der Waals surface area contributed by atoms with Crippen molar-refractivity contribution in [1.29, 1.82) is 0 Å². The Morgan fingerprint density at radius 1 is 1.40 bits per heavy atom. The summed E-state index contributed by atoms with van der Waals surface area (Å²) in [6.45, 7) is 0. The van der Waals surface area contributed by atoms with Crippen LogP contribution in [-0.4, -0.2) is 11.0 Å². The lowest BCUT2D eigenvalue weighted by Gasteiger charge is -2.03. The summed E-state index contributed by atoms with van der Waals surface area (Å²) in [7, 11) is 0. The van der Waals surface area contributed by atoms with Crippen molar-refractivity contribution in [2.24, 2.45) is 5.73 Å². The zero-order chi connectivity index (χ0) is 10.7. The van der Waals surface area contributed by atoms with Crippen LogP contribution in [0.5, 0.6) is 0 Å². The molecule has 4 nitrogen and oxygen atoms in total. The van der Waals surface area contributed by atoms with Gasteiger partial charge in [0, 0.05) is 17.1 Å². The van der Waals surface area contributed by atoms with Crippen molar-refractivity contribution in [1.82, 2.24) is 10.3 Å². The summed E-state index contributed by atoms with van der Waals surface area (Å²) < 4.78 is 0. The van der Waals surface area contributed by atoms with Gasteiger partial charge in [0.25, 0.3) is 0 Å². The Kier molecular flexibility index (Phi) is 2.64. The highest BCUT2D eigenvalue weighted by Crippen LogP contribution is 2.29. The zero-order valence-corrected chi connectivity index (χ0v) is 8.57. The third-order valence-electron chi connectivity index (χ3n) is 1.80. The molecule has 2 amide bonds. The van der Waals surface area contributed by atoms with E-state index in [1.165, 1.54) is 11.3 Å². The van der Waals surface area contributed by atoms with Crippen molar-refractivity contribution in [3.63, 3.8) is 0 Å². The molecule has 0 unspecified atom stereocenters. The van der Waals surface area contributed by atoms with Gasteiger partial charge < -0.3 is 5.73 Å². The van der Waals surface area contributed by atoms with Gasteiger partial charge in [-0.2, -0.15) is 5.32 Å². The van der Waals surface area contributed by atoms with E-state index in [2.05, 4.69) is 10.3 Å². The first-order chi connectivity index (χ1) is 7.27. The van der Waals surface area contributed by atoms with E-state index in [1.54, 1.807) is 18.3 Å². The molecule has 0 aliphatic carbocycles. The summed E-state index contributed by atoms with van der Waals surface area (Å²) in [5, 5.41) is 6.42. The minimum Gasteiger partial charge on any atom is -0.350 e. The Balaban J connectivity index is 2.42. The predicted molar refractivity (Wildman–Crippen MR) is 58.9 cm³/mol. The zero-order valence-electron chi connectivity index (χ0n) is 7.75. The Morgan fingerprint density at radius 2 is 2.20 bits per heavy atom. The maximum Gasteiger partial charge on any atom is 0.338 e. The molecule has 2 aromatic rings. The van der Waals surface area contributed by atoms with Gasteiger partial charge in [-0.25, -0.2) is 9.78 Å². The number of amides is 2. The van der Waals surface area contributed by atoms with Crippen LogP contribution >= 0.6 is 11.3 Å². The van der Waals surface area contributed by atoms with Gasteiger partial charge in [-0.05, 0) is 12.1 Å². The summed E-state index contributed by atoms with van der Waals surface area (Å²) in [5.74, 6) is 0. The average Bonchev–Trinajstić information content (AvgIpc) is 2.70. The first-order valence-corrected chi connectivity index (χ1v) is 5.15. The lowest BCUT2D eigenvalue weighted by Crippen LogP contribution is -2.18. The fourth-order valence-corrected chi connectivity index (χ4v) is 1.90. The van der Waals surface area contributed by atoms with E-state index in [4.69, 9.17) is 5.73 Å². The second-order valence-electron chi connectivity index (χ2n) is 2.80. The van der Waals surface area contributed by atoms with Gasteiger partial charge in [0.2, 0.25) is 0 Å². The number of aromatic nitrogens is 1. The number of thiazole rings is 1. The topological polar surface area (TPSA) is 70.1 Å². The summed E-state index contributed by atoms with van der Waals surface area (Å²) in [4.78, 5) is 14.9. The summed E-state index contributed by atoms with van der Waals surface area (Å²) in [5.41, 5.74) is 6.40. The molecule has 0 saturated carbocycles. The summed E-state index contributed by atoms with van der Waals surface area (Å²) >= 11 is 1.49. The quantitative estimate of drug-likeness (QED) is 0.838. The molecule has 2 rings (SSSR count). The van der Waals surface area contributed by atoms with E-state index in [0.29, 0.717) is 5.69 Å². The molecule has 5 heteroatoms. The number of hydrogen-bond acceptors (Lipinski definition) is 3. The summed E-state index contributed by atoms with van der Waals surface area (Å²) in [6, 6.07) is 6.58. The van der Waals surface area contributed by atoms with Gasteiger partial charge in [0.1, 0.15) is 5.01 Å². The first-order valence-electron chi connectivity index (χ1n) is 4.27. The predicted octanol–water partition coefficient (Wildman–Crippen LogP) is 2.12. The van der Waals surface area contributed by atoms with E-state index in [1.807, 2.05) is 17.5 Å².